The third kappa shape index (κ3) is 4.58. The van der Waals surface area contributed by atoms with Gasteiger partial charge in [0, 0.05) is 7.05 Å². The van der Waals surface area contributed by atoms with E-state index in [1.54, 1.807) is 7.05 Å². The van der Waals surface area contributed by atoms with Crippen LogP contribution in [-0.4, -0.2) is 32.2 Å². The van der Waals surface area contributed by atoms with Crippen LogP contribution in [0.2, 0.25) is 0 Å². The molecule has 0 spiro atoms. The van der Waals surface area contributed by atoms with Gasteiger partial charge in [0.1, 0.15) is 12.3 Å². The van der Waals surface area contributed by atoms with Gasteiger partial charge in [-0.15, -0.1) is 0 Å². The van der Waals surface area contributed by atoms with Crippen LogP contribution in [0.4, 0.5) is 4.79 Å². The number of carbonyl (C=O) groups excluding carboxylic acids is 1. The third-order valence-electron chi connectivity index (χ3n) is 2.86. The maximum Gasteiger partial charge on any atom is 0.408 e. The van der Waals surface area contributed by atoms with E-state index in [-0.39, 0.29) is 13.0 Å². The highest BCUT2D eigenvalue weighted by Gasteiger charge is 2.21. The zero-order valence-corrected chi connectivity index (χ0v) is 12.0. The number of hydrogen-bond acceptors (Lipinski definition) is 5. The molecule has 2 aromatic rings. The van der Waals surface area contributed by atoms with Crippen molar-refractivity contribution < 1.29 is 19.4 Å². The molecule has 0 fully saturated rings. The molecule has 2 N–H and O–H groups in total. The largest absolute Gasteiger partial charge is 0.481 e. The molecule has 0 aliphatic rings. The highest BCUT2D eigenvalue weighted by atomic mass is 16.5. The quantitative estimate of drug-likeness (QED) is 0.832. The van der Waals surface area contributed by atoms with Gasteiger partial charge in [-0.1, -0.05) is 30.3 Å². The van der Waals surface area contributed by atoms with Gasteiger partial charge in [0.2, 0.25) is 0 Å². The molecule has 8 heteroatoms. The molecule has 0 saturated carbocycles. The van der Waals surface area contributed by atoms with Crippen LogP contribution >= 0.6 is 0 Å². The SMILES string of the molecule is Cn1ncc([C@H](CC(=O)O)NC(=O)OCc2ccccc2)n1. The second-order valence-corrected chi connectivity index (χ2v) is 4.62. The Morgan fingerprint density at radius 1 is 1.36 bits per heavy atom. The minimum atomic E-state index is -1.06. The summed E-state index contributed by atoms with van der Waals surface area (Å²) in [7, 11) is 1.61. The number of nitrogens with one attached hydrogen (secondary N) is 1. The van der Waals surface area contributed by atoms with E-state index in [1.807, 2.05) is 30.3 Å². The van der Waals surface area contributed by atoms with Gasteiger partial charge < -0.3 is 15.2 Å². The summed E-state index contributed by atoms with van der Waals surface area (Å²) in [5, 5.41) is 19.3. The minimum Gasteiger partial charge on any atom is -0.481 e. The molecular formula is C14H16N4O4. The smallest absolute Gasteiger partial charge is 0.408 e. The fourth-order valence-electron chi connectivity index (χ4n) is 1.83. The molecule has 116 valence electrons. The number of carboxylic acids is 1. The lowest BCUT2D eigenvalue weighted by molar-refractivity contribution is -0.137. The summed E-state index contributed by atoms with van der Waals surface area (Å²) < 4.78 is 5.07. The molecule has 0 unspecified atom stereocenters. The first kappa shape index (κ1) is 15.5. The van der Waals surface area contributed by atoms with Crippen molar-refractivity contribution in [3.05, 3.63) is 47.8 Å². The Morgan fingerprint density at radius 3 is 2.68 bits per heavy atom. The third-order valence-corrected chi connectivity index (χ3v) is 2.86. The number of carboxylic acid groups (broad SMARTS) is 1. The van der Waals surface area contributed by atoms with E-state index in [0.717, 1.165) is 5.56 Å². The summed E-state index contributed by atoms with van der Waals surface area (Å²) in [6, 6.07) is 8.39. The molecule has 1 heterocycles. The number of aryl methyl sites for hydroxylation is 1. The van der Waals surface area contributed by atoms with Crippen molar-refractivity contribution in [3.8, 4) is 0 Å². The maximum absolute atomic E-state index is 11.8. The number of rotatable bonds is 6. The van der Waals surface area contributed by atoms with Crippen molar-refractivity contribution >= 4 is 12.1 Å². The molecule has 1 amide bonds. The van der Waals surface area contributed by atoms with Crippen molar-refractivity contribution in [1.29, 1.82) is 0 Å². The van der Waals surface area contributed by atoms with Gasteiger partial charge in [-0.25, -0.2) is 4.79 Å². The van der Waals surface area contributed by atoms with E-state index < -0.39 is 18.1 Å². The van der Waals surface area contributed by atoms with Crippen LogP contribution in [0.1, 0.15) is 23.7 Å². The second-order valence-electron chi connectivity index (χ2n) is 4.62. The number of benzene rings is 1. The normalized spacial score (nSPS) is 11.7. The molecule has 1 atom stereocenters. The van der Waals surface area contributed by atoms with E-state index in [0.29, 0.717) is 5.69 Å². The Labute approximate surface area is 126 Å². The first-order chi connectivity index (χ1) is 10.5. The number of hydrogen-bond donors (Lipinski definition) is 2. The van der Waals surface area contributed by atoms with Crippen molar-refractivity contribution in [2.45, 2.75) is 19.1 Å². The molecule has 0 bridgehead atoms. The van der Waals surface area contributed by atoms with Crippen LogP contribution in [0.15, 0.2) is 36.5 Å². The van der Waals surface area contributed by atoms with E-state index in [2.05, 4.69) is 15.5 Å². The Kier molecular flexibility index (Phi) is 5.07. The Balaban J connectivity index is 1.94. The molecule has 8 nitrogen and oxygen atoms in total. The number of aliphatic carboxylic acids is 1. The van der Waals surface area contributed by atoms with Gasteiger partial charge in [-0.3, -0.25) is 4.79 Å². The molecule has 2 rings (SSSR count). The Hall–Kier alpha value is -2.90. The summed E-state index contributed by atoms with van der Waals surface area (Å²) >= 11 is 0. The number of aromatic nitrogens is 3. The fraction of sp³-hybridized carbons (Fsp3) is 0.286. The van der Waals surface area contributed by atoms with E-state index >= 15 is 0 Å². The molecule has 1 aromatic heterocycles. The van der Waals surface area contributed by atoms with Gasteiger partial charge in [-0.05, 0) is 5.56 Å². The van der Waals surface area contributed by atoms with Gasteiger partial charge in [-0.2, -0.15) is 15.0 Å². The molecule has 1 aromatic carbocycles. The predicted molar refractivity (Wildman–Crippen MR) is 75.8 cm³/mol. The average molecular weight is 304 g/mol. The molecule has 0 aliphatic heterocycles. The summed E-state index contributed by atoms with van der Waals surface area (Å²) in [5.41, 5.74) is 1.20. The van der Waals surface area contributed by atoms with Crippen LogP contribution < -0.4 is 5.32 Å². The summed E-state index contributed by atoms with van der Waals surface area (Å²) in [4.78, 5) is 24.0. The monoisotopic (exact) mass is 304 g/mol. The van der Waals surface area contributed by atoms with Crippen molar-refractivity contribution in [2.24, 2.45) is 7.05 Å². The van der Waals surface area contributed by atoms with Crippen LogP contribution in [0.5, 0.6) is 0 Å². The Bertz CT molecular complexity index is 641. The minimum absolute atomic E-state index is 0.104. The van der Waals surface area contributed by atoms with Gasteiger partial charge >= 0.3 is 12.1 Å². The number of amides is 1. The number of carbonyl (C=O) groups is 2. The molecule has 0 aliphatic carbocycles. The predicted octanol–water partition coefficient (Wildman–Crippen LogP) is 1.26. The Morgan fingerprint density at radius 2 is 2.09 bits per heavy atom. The number of alkyl carbamates (subject to hydrolysis) is 1. The van der Waals surface area contributed by atoms with Gasteiger partial charge in [0.15, 0.2) is 0 Å². The van der Waals surface area contributed by atoms with Crippen LogP contribution in [-0.2, 0) is 23.2 Å². The van der Waals surface area contributed by atoms with Gasteiger partial charge in [0.05, 0.1) is 18.7 Å². The van der Waals surface area contributed by atoms with E-state index in [9.17, 15) is 9.59 Å². The summed E-state index contributed by atoms with van der Waals surface area (Å²) in [5.74, 6) is -1.06. The zero-order chi connectivity index (χ0) is 15.9. The number of ether oxygens (including phenoxy) is 1. The van der Waals surface area contributed by atoms with E-state index in [4.69, 9.17) is 9.84 Å². The molecule has 0 saturated heterocycles. The first-order valence-corrected chi connectivity index (χ1v) is 6.60. The highest BCUT2D eigenvalue weighted by Crippen LogP contribution is 2.14. The maximum atomic E-state index is 11.8. The van der Waals surface area contributed by atoms with E-state index in [1.165, 1.54) is 11.0 Å². The lowest BCUT2D eigenvalue weighted by atomic mass is 10.1. The molecule has 22 heavy (non-hydrogen) atoms. The molecule has 0 radical (unpaired) electrons. The standard InChI is InChI=1S/C14H16N4O4/c1-18-15-8-12(17-18)11(7-13(19)20)16-14(21)22-9-10-5-3-2-4-6-10/h2-6,8,11H,7,9H2,1H3,(H,16,21)(H,19,20)/t11-/m0/s1. The number of nitrogens with zero attached hydrogens (tertiary/aromatic N) is 3. The molecular weight excluding hydrogens is 288 g/mol. The fourth-order valence-corrected chi connectivity index (χ4v) is 1.83. The van der Waals surface area contributed by atoms with Crippen LogP contribution in [0, 0.1) is 0 Å². The topological polar surface area (TPSA) is 106 Å². The lowest BCUT2D eigenvalue weighted by Gasteiger charge is -2.14. The van der Waals surface area contributed by atoms with Gasteiger partial charge in [0.25, 0.3) is 0 Å². The lowest BCUT2D eigenvalue weighted by Crippen LogP contribution is -2.31. The first-order valence-electron chi connectivity index (χ1n) is 6.60. The van der Waals surface area contributed by atoms with Crippen molar-refractivity contribution in [3.63, 3.8) is 0 Å². The average Bonchev–Trinajstić information content (AvgIpc) is 2.92. The highest BCUT2D eigenvalue weighted by molar-refractivity contribution is 5.71. The van der Waals surface area contributed by atoms with Crippen LogP contribution in [0.25, 0.3) is 0 Å². The van der Waals surface area contributed by atoms with Crippen molar-refractivity contribution in [2.75, 3.05) is 0 Å². The summed E-state index contributed by atoms with van der Waals surface area (Å²) in [6.45, 7) is 0.104. The summed E-state index contributed by atoms with van der Waals surface area (Å²) in [6.07, 6.45) is 0.394. The zero-order valence-electron chi connectivity index (χ0n) is 12.0. The second kappa shape index (κ2) is 7.21. The van der Waals surface area contributed by atoms with Crippen LogP contribution in [0.3, 0.4) is 0 Å². The van der Waals surface area contributed by atoms with Crippen molar-refractivity contribution in [1.82, 2.24) is 20.3 Å².